The molecule has 4 aromatic rings. The summed E-state index contributed by atoms with van der Waals surface area (Å²) in [6.45, 7) is 8.18. The smallest absolute Gasteiger partial charge is 0.332 e. The van der Waals surface area contributed by atoms with Crippen LogP contribution in [0, 0.1) is 46.9 Å². The number of urea groups is 3. The molecule has 0 saturated carbocycles. The molecule has 4 bridgehead atoms. The largest absolute Gasteiger partial charge is 0.384 e. The topological polar surface area (TPSA) is 178 Å². The molecule has 4 aromatic carbocycles. The predicted molar refractivity (Wildman–Crippen MR) is 265 cm³/mol. The van der Waals surface area contributed by atoms with Gasteiger partial charge < -0.3 is 36.0 Å². The number of imide groups is 2. The number of barbiturate groups is 1. The lowest BCUT2D eigenvalue weighted by Gasteiger charge is -2.55. The summed E-state index contributed by atoms with van der Waals surface area (Å²) in [6, 6.07) is 19.6. The van der Waals surface area contributed by atoms with Crippen molar-refractivity contribution in [2.45, 2.75) is 17.6 Å². The van der Waals surface area contributed by atoms with E-state index in [4.69, 9.17) is 0 Å². The van der Waals surface area contributed by atoms with E-state index in [1.807, 2.05) is 54.6 Å². The summed E-state index contributed by atoms with van der Waals surface area (Å²) >= 11 is 6.84. The summed E-state index contributed by atoms with van der Waals surface area (Å²) in [4.78, 5) is 65.5. The summed E-state index contributed by atoms with van der Waals surface area (Å²) in [5, 5.41) is 31.9. The minimum absolute atomic E-state index is 0. The fourth-order valence-corrected chi connectivity index (χ4v) is 10.4. The van der Waals surface area contributed by atoms with Crippen LogP contribution < -0.4 is 16.0 Å². The third-order valence-electron chi connectivity index (χ3n) is 13.4. The van der Waals surface area contributed by atoms with Crippen LogP contribution >= 0.6 is 31.9 Å². The Bertz CT molecular complexity index is 2550. The van der Waals surface area contributed by atoms with Crippen molar-refractivity contribution in [1.82, 2.24) is 29.8 Å². The number of carbonyl (C=O) groups excluding carboxylic acids is 5. The normalized spacial score (nSPS) is 24.9. The van der Waals surface area contributed by atoms with Gasteiger partial charge in [-0.15, -0.1) is 6.58 Å². The Hall–Kier alpha value is -5.65. The minimum atomic E-state index is -1.07. The molecule has 5 heterocycles. The summed E-state index contributed by atoms with van der Waals surface area (Å²) in [5.74, 6) is -4.75. The number of likely N-dealkylation sites (tertiary alicyclic amines) is 3. The Morgan fingerprint density at radius 3 is 1.37 bits per heavy atom. The van der Waals surface area contributed by atoms with E-state index in [0.717, 1.165) is 66.3 Å². The number of carbonyl (C=O) groups is 5. The number of aliphatic hydroxyl groups is 2. The molecule has 3 radical (unpaired) electrons. The van der Waals surface area contributed by atoms with Crippen molar-refractivity contribution in [2.75, 3.05) is 83.6 Å². The highest BCUT2D eigenvalue weighted by molar-refractivity contribution is 9.10. The molecule has 4 atom stereocenters. The number of halogens is 6. The van der Waals surface area contributed by atoms with E-state index in [1.54, 1.807) is 9.80 Å². The van der Waals surface area contributed by atoms with Gasteiger partial charge in [-0.05, 0) is 59.7 Å². The SMILES string of the molecule is C=CCN1CC2CN(C(=O)Nc3cc(F)cc(F)c3)CC(C1)C2(O)c1ccc(Br)cc1.CN1C(=O)CC(=O)N(C)C1=O.O=C(Nc1cc(F)cc(F)c1)N1CC2CNCC(C1)C2(O)c1ccc(Br)cc1.[B]. The van der Waals surface area contributed by atoms with Gasteiger partial charge in [0.05, 0.1) is 0 Å². The maximum Gasteiger partial charge on any atom is 0.332 e. The molecule has 375 valence electrons. The third kappa shape index (κ3) is 12.2. The van der Waals surface area contributed by atoms with E-state index in [2.05, 4.69) is 59.3 Å². The van der Waals surface area contributed by atoms with Crippen molar-refractivity contribution in [3.63, 3.8) is 0 Å². The van der Waals surface area contributed by atoms with E-state index in [9.17, 15) is 51.7 Å². The molecule has 5 fully saturated rings. The van der Waals surface area contributed by atoms with E-state index in [1.165, 1.54) is 14.1 Å². The molecule has 15 nitrogen and oxygen atoms in total. The molecule has 0 aliphatic carbocycles. The van der Waals surface area contributed by atoms with Gasteiger partial charge in [0.2, 0.25) is 11.8 Å². The van der Waals surface area contributed by atoms with Gasteiger partial charge >= 0.3 is 18.1 Å². The van der Waals surface area contributed by atoms with E-state index >= 15 is 0 Å². The predicted octanol–water partition coefficient (Wildman–Crippen LogP) is 6.54. The molecule has 8 amide bonds. The second kappa shape index (κ2) is 22.8. The van der Waals surface area contributed by atoms with Crippen molar-refractivity contribution in [1.29, 1.82) is 0 Å². The van der Waals surface area contributed by atoms with Gasteiger partial charge in [-0.3, -0.25) is 24.3 Å². The first kappa shape index (κ1) is 54.7. The molecule has 71 heavy (non-hydrogen) atoms. The van der Waals surface area contributed by atoms with Gasteiger partial charge in [0.15, 0.2) is 0 Å². The highest BCUT2D eigenvalue weighted by Gasteiger charge is 2.55. The van der Waals surface area contributed by atoms with Crippen LogP contribution in [0.4, 0.5) is 43.3 Å². The van der Waals surface area contributed by atoms with Crippen LogP contribution in [0.5, 0.6) is 0 Å². The number of hydrogen-bond donors (Lipinski definition) is 5. The number of fused-ring (bicyclic) bond motifs is 4. The number of rotatable bonds is 6. The minimum Gasteiger partial charge on any atom is -0.384 e. The molecule has 22 heteroatoms. The fourth-order valence-electron chi connectivity index (χ4n) is 9.90. The van der Waals surface area contributed by atoms with Crippen LogP contribution in [0.15, 0.2) is 107 Å². The third-order valence-corrected chi connectivity index (χ3v) is 14.5. The highest BCUT2D eigenvalue weighted by Crippen LogP contribution is 2.46. The fraction of sp³-hybridized carbons (Fsp3) is 0.367. The monoisotopic (exact) mass is 1110 g/mol. The standard InChI is InChI=1S/C23H24BrF2N3O2.C20H20BrF2N3O2.C6H8N2O3.B/c1-2-7-28-11-16-13-29(22(30)27-21-9-19(25)8-20(26)10-21)14-17(12-28)23(16,31)15-3-5-18(24)6-4-15;21-15-3-1-12(2-4-15)20(28)13-8-24-9-14(20)11-26(10-13)19(27)25-18-6-16(22)5-17(23)7-18;1-7-4(9)3-5(10)8(2)6(7)11;/h2-6,8-10,16-17,31H,1,7,11-14H2,(H,27,30);1-7,13-14,24,28H,8-11H2,(H,25,27);3H2,1-2H3;. The van der Waals surface area contributed by atoms with Gasteiger partial charge in [-0.2, -0.15) is 0 Å². The van der Waals surface area contributed by atoms with E-state index in [0.29, 0.717) is 58.9 Å². The molecule has 9 rings (SSSR count). The first-order valence-electron chi connectivity index (χ1n) is 22.3. The zero-order valence-electron chi connectivity index (χ0n) is 38.8. The zero-order chi connectivity index (χ0) is 50.7. The number of amides is 8. The number of nitrogens with zero attached hydrogens (tertiary/aromatic N) is 5. The van der Waals surface area contributed by atoms with Crippen LogP contribution in [0.1, 0.15) is 17.5 Å². The summed E-state index contributed by atoms with van der Waals surface area (Å²) in [6.07, 6.45) is 1.63. The molecule has 5 aliphatic heterocycles. The average Bonchev–Trinajstić information content (AvgIpc) is 3.28. The molecule has 0 aromatic heterocycles. The lowest BCUT2D eigenvalue weighted by molar-refractivity contribution is -0.155. The number of piperidine rings is 4. The van der Waals surface area contributed by atoms with Crippen LogP contribution in [-0.2, 0) is 20.8 Å². The quantitative estimate of drug-likeness (QED) is 0.0621. The molecule has 0 spiro atoms. The molecule has 5 N–H and O–H groups in total. The maximum absolute atomic E-state index is 13.5. The summed E-state index contributed by atoms with van der Waals surface area (Å²) < 4.78 is 55.6. The lowest BCUT2D eigenvalue weighted by atomic mass is 9.66. The van der Waals surface area contributed by atoms with Crippen LogP contribution in [0.25, 0.3) is 0 Å². The van der Waals surface area contributed by atoms with Crippen LogP contribution in [-0.4, -0.2) is 146 Å². The van der Waals surface area contributed by atoms with E-state index in [-0.39, 0.29) is 49.9 Å². The first-order chi connectivity index (χ1) is 33.2. The average molecular weight is 1110 g/mol. The number of hydrogen-bond acceptors (Lipinski definition) is 9. The van der Waals surface area contributed by atoms with Crippen molar-refractivity contribution in [2.24, 2.45) is 23.7 Å². The molecule has 4 unspecified atom stereocenters. The van der Waals surface area contributed by atoms with Crippen LogP contribution in [0.3, 0.4) is 0 Å². The van der Waals surface area contributed by atoms with Crippen LogP contribution in [0.2, 0.25) is 0 Å². The number of benzene rings is 4. The van der Waals surface area contributed by atoms with Gasteiger partial charge in [0, 0.05) is 138 Å². The Morgan fingerprint density at radius 2 is 1.00 bits per heavy atom. The second-order valence-corrected chi connectivity index (χ2v) is 19.8. The second-order valence-electron chi connectivity index (χ2n) is 18.0. The lowest BCUT2D eigenvalue weighted by Crippen LogP contribution is -2.66. The van der Waals surface area contributed by atoms with Crippen molar-refractivity contribution < 1.29 is 51.7 Å². The number of nitrogens with one attached hydrogen (secondary N) is 3. The Balaban J connectivity index is 0.000000190. The maximum atomic E-state index is 13.5. The summed E-state index contributed by atoms with van der Waals surface area (Å²) in [7, 11) is 2.71. The highest BCUT2D eigenvalue weighted by atomic mass is 79.9. The first-order valence-corrected chi connectivity index (χ1v) is 23.9. The van der Waals surface area contributed by atoms with Crippen molar-refractivity contribution in [3.8, 4) is 0 Å². The summed E-state index contributed by atoms with van der Waals surface area (Å²) in [5.41, 5.74) is -0.307. The zero-order valence-corrected chi connectivity index (χ0v) is 41.9. The van der Waals surface area contributed by atoms with E-state index < -0.39 is 64.4 Å². The van der Waals surface area contributed by atoms with Crippen molar-refractivity contribution >= 4 is 81.6 Å². The van der Waals surface area contributed by atoms with Gasteiger partial charge in [0.1, 0.15) is 40.9 Å². The van der Waals surface area contributed by atoms with Gasteiger partial charge in [-0.1, -0.05) is 62.2 Å². The Kier molecular flexibility index (Phi) is 17.6. The Morgan fingerprint density at radius 1 is 0.648 bits per heavy atom. The molecular weight excluding hydrogens is 1060 g/mol. The molecule has 5 aliphatic rings. The van der Waals surface area contributed by atoms with Gasteiger partial charge in [-0.25, -0.2) is 31.9 Å². The van der Waals surface area contributed by atoms with Crippen molar-refractivity contribution in [3.05, 3.63) is 141 Å². The molecule has 5 saturated heterocycles. The van der Waals surface area contributed by atoms with Gasteiger partial charge in [0.25, 0.3) is 0 Å². The Labute approximate surface area is 427 Å². The number of anilines is 2. The molecular formula is C49H52BBr2F4N8O7.